The molecule has 0 radical (unpaired) electrons. The number of hydrogen-bond donors (Lipinski definition) is 0. The van der Waals surface area contributed by atoms with Gasteiger partial charge in [0, 0.05) is 13.3 Å². The summed E-state index contributed by atoms with van der Waals surface area (Å²) in [7, 11) is 0. The van der Waals surface area contributed by atoms with Gasteiger partial charge in [-0.15, -0.1) is 10.2 Å². The van der Waals surface area contributed by atoms with Crippen LogP contribution in [-0.2, 0) is 0 Å². The molecule has 0 unspecified atom stereocenters. The highest BCUT2D eigenvalue weighted by Crippen LogP contribution is 2.37. The highest BCUT2D eigenvalue weighted by Gasteiger charge is 2.25. The summed E-state index contributed by atoms with van der Waals surface area (Å²) >= 11 is 0. The van der Waals surface area contributed by atoms with Gasteiger partial charge in [0.25, 0.3) is 5.89 Å². The maximum atomic E-state index is 12.1. The Bertz CT molecular complexity index is 598. The smallest absolute Gasteiger partial charge is 0.283 e. The number of carbonyl (C=O) groups excluding carboxylic acids is 1. The highest BCUT2D eigenvalue weighted by atomic mass is 16.4. The molecule has 1 aromatic heterocycles. The van der Waals surface area contributed by atoms with E-state index in [1.165, 1.54) is 5.56 Å². The van der Waals surface area contributed by atoms with Crippen LogP contribution in [-0.4, -0.2) is 16.0 Å². The zero-order valence-electron chi connectivity index (χ0n) is 12.3. The van der Waals surface area contributed by atoms with Gasteiger partial charge < -0.3 is 4.42 Å². The first kappa shape index (κ1) is 14.0. The van der Waals surface area contributed by atoms with Gasteiger partial charge in [-0.1, -0.05) is 30.3 Å². The van der Waals surface area contributed by atoms with Gasteiger partial charge in [-0.05, 0) is 43.1 Å². The van der Waals surface area contributed by atoms with Crippen molar-refractivity contribution in [2.24, 2.45) is 5.92 Å². The fourth-order valence-corrected chi connectivity index (χ4v) is 3.18. The zero-order chi connectivity index (χ0) is 14.7. The number of Topliss-reactive ketones (excluding diaryl/α,β-unsaturated/α-hetero) is 1. The fraction of sp³-hybridized carbons (Fsp3) is 0.471. The zero-order valence-corrected chi connectivity index (χ0v) is 12.3. The van der Waals surface area contributed by atoms with Gasteiger partial charge >= 0.3 is 0 Å². The van der Waals surface area contributed by atoms with E-state index < -0.39 is 0 Å². The molecule has 0 amide bonds. The molecule has 0 saturated heterocycles. The van der Waals surface area contributed by atoms with E-state index in [1.54, 1.807) is 6.92 Å². The molecule has 0 atom stereocenters. The lowest BCUT2D eigenvalue weighted by atomic mass is 9.77. The summed E-state index contributed by atoms with van der Waals surface area (Å²) in [4.78, 5) is 12.1. The van der Waals surface area contributed by atoms with Gasteiger partial charge in [-0.2, -0.15) is 0 Å². The number of aromatic nitrogens is 2. The Morgan fingerprint density at radius 2 is 1.86 bits per heavy atom. The normalized spacial score (nSPS) is 22.1. The molecule has 1 aliphatic carbocycles. The van der Waals surface area contributed by atoms with E-state index in [1.807, 2.05) is 0 Å². The fourth-order valence-electron chi connectivity index (χ4n) is 3.18. The van der Waals surface area contributed by atoms with Crippen molar-refractivity contribution >= 4 is 5.78 Å². The minimum Gasteiger partial charge on any atom is -0.419 e. The van der Waals surface area contributed by atoms with Crippen molar-refractivity contribution < 1.29 is 9.21 Å². The van der Waals surface area contributed by atoms with Gasteiger partial charge in [0.15, 0.2) is 0 Å². The lowest BCUT2D eigenvalue weighted by Gasteiger charge is -2.28. The van der Waals surface area contributed by atoms with Gasteiger partial charge in [-0.25, -0.2) is 0 Å². The van der Waals surface area contributed by atoms with Gasteiger partial charge in [0.1, 0.15) is 0 Å². The summed E-state index contributed by atoms with van der Waals surface area (Å²) in [5.74, 6) is 1.69. The SMILES string of the molecule is Cc1nnc(C(=O)CC2CCC(c3ccccc3)CC2)o1. The Morgan fingerprint density at radius 3 is 2.48 bits per heavy atom. The molecular formula is C17H20N2O2. The van der Waals surface area contributed by atoms with Crippen LogP contribution in [0, 0.1) is 12.8 Å². The molecule has 2 aromatic rings. The summed E-state index contributed by atoms with van der Waals surface area (Å²) in [6, 6.07) is 10.7. The number of hydrogen-bond acceptors (Lipinski definition) is 4. The Balaban J connectivity index is 1.53. The predicted molar refractivity (Wildman–Crippen MR) is 79.1 cm³/mol. The van der Waals surface area contributed by atoms with Crippen LogP contribution in [0.5, 0.6) is 0 Å². The summed E-state index contributed by atoms with van der Waals surface area (Å²) in [5.41, 5.74) is 1.43. The van der Waals surface area contributed by atoms with Crippen LogP contribution in [0.1, 0.15) is 60.2 Å². The van der Waals surface area contributed by atoms with Crippen LogP contribution in [0.2, 0.25) is 0 Å². The number of rotatable bonds is 4. The van der Waals surface area contributed by atoms with Crippen LogP contribution in [0.25, 0.3) is 0 Å². The molecule has 110 valence electrons. The molecule has 21 heavy (non-hydrogen) atoms. The average Bonchev–Trinajstić information content (AvgIpc) is 2.96. The molecule has 1 fully saturated rings. The highest BCUT2D eigenvalue weighted by molar-refractivity contribution is 5.91. The van der Waals surface area contributed by atoms with E-state index in [2.05, 4.69) is 40.5 Å². The number of benzene rings is 1. The summed E-state index contributed by atoms with van der Waals surface area (Å²) in [6.07, 6.45) is 5.04. The van der Waals surface area contributed by atoms with E-state index in [-0.39, 0.29) is 11.7 Å². The Kier molecular flexibility index (Phi) is 4.13. The molecule has 0 aliphatic heterocycles. The lowest BCUT2D eigenvalue weighted by Crippen LogP contribution is -2.17. The number of carbonyl (C=O) groups is 1. The minimum absolute atomic E-state index is 0.0150. The molecule has 0 spiro atoms. The third-order valence-corrected chi connectivity index (χ3v) is 4.36. The first-order chi connectivity index (χ1) is 10.2. The molecule has 1 aliphatic rings. The van der Waals surface area contributed by atoms with Crippen molar-refractivity contribution in [3.05, 3.63) is 47.7 Å². The van der Waals surface area contributed by atoms with E-state index in [0.717, 1.165) is 25.7 Å². The average molecular weight is 284 g/mol. The van der Waals surface area contributed by atoms with Crippen LogP contribution >= 0.6 is 0 Å². The van der Waals surface area contributed by atoms with E-state index >= 15 is 0 Å². The van der Waals surface area contributed by atoms with Gasteiger partial charge in [0.05, 0.1) is 0 Å². The van der Waals surface area contributed by atoms with Crippen molar-refractivity contribution in [3.8, 4) is 0 Å². The second-order valence-corrected chi connectivity index (χ2v) is 5.88. The molecular weight excluding hydrogens is 264 g/mol. The molecule has 1 heterocycles. The van der Waals surface area contributed by atoms with Crippen LogP contribution in [0.15, 0.2) is 34.7 Å². The molecule has 1 aromatic carbocycles. The van der Waals surface area contributed by atoms with Crippen molar-refractivity contribution in [1.29, 1.82) is 0 Å². The van der Waals surface area contributed by atoms with Crippen molar-refractivity contribution in [1.82, 2.24) is 10.2 Å². The largest absolute Gasteiger partial charge is 0.419 e. The number of ketones is 1. The van der Waals surface area contributed by atoms with Crippen molar-refractivity contribution in [2.45, 2.75) is 44.9 Å². The minimum atomic E-state index is -0.0150. The van der Waals surface area contributed by atoms with Crippen LogP contribution in [0.3, 0.4) is 0 Å². The molecule has 4 nitrogen and oxygen atoms in total. The van der Waals surface area contributed by atoms with Gasteiger partial charge in [0.2, 0.25) is 11.7 Å². The summed E-state index contributed by atoms with van der Waals surface area (Å²) in [5, 5.41) is 7.52. The van der Waals surface area contributed by atoms with Crippen molar-refractivity contribution in [2.75, 3.05) is 0 Å². The van der Waals surface area contributed by atoms with Gasteiger partial charge in [-0.3, -0.25) is 4.79 Å². The molecule has 0 bridgehead atoms. The second kappa shape index (κ2) is 6.20. The van der Waals surface area contributed by atoms with Crippen molar-refractivity contribution in [3.63, 3.8) is 0 Å². The first-order valence-corrected chi connectivity index (χ1v) is 7.60. The summed E-state index contributed by atoms with van der Waals surface area (Å²) < 4.78 is 5.21. The third kappa shape index (κ3) is 3.38. The molecule has 3 rings (SSSR count). The topological polar surface area (TPSA) is 56.0 Å². The van der Waals surface area contributed by atoms with Crippen LogP contribution in [0.4, 0.5) is 0 Å². The Hall–Kier alpha value is -1.97. The third-order valence-electron chi connectivity index (χ3n) is 4.36. The quantitative estimate of drug-likeness (QED) is 0.798. The Morgan fingerprint density at radius 1 is 1.14 bits per heavy atom. The lowest BCUT2D eigenvalue weighted by molar-refractivity contribution is 0.0912. The van der Waals surface area contributed by atoms with E-state index in [4.69, 9.17) is 4.42 Å². The summed E-state index contributed by atoms with van der Waals surface area (Å²) in [6.45, 7) is 1.70. The van der Waals surface area contributed by atoms with E-state index in [9.17, 15) is 4.79 Å². The molecule has 0 N–H and O–H groups in total. The molecule has 4 heteroatoms. The predicted octanol–water partition coefficient (Wildman–Crippen LogP) is 3.92. The standard InChI is InChI=1S/C17H20N2O2/c1-12-18-19-17(21-12)16(20)11-13-7-9-15(10-8-13)14-5-3-2-4-6-14/h2-6,13,15H,7-11H2,1H3. The Labute approximate surface area is 124 Å². The molecule has 1 saturated carbocycles. The number of aryl methyl sites for hydroxylation is 1. The number of nitrogens with zero attached hydrogens (tertiary/aromatic N) is 2. The monoisotopic (exact) mass is 284 g/mol. The van der Waals surface area contributed by atoms with E-state index in [0.29, 0.717) is 24.1 Å². The maximum absolute atomic E-state index is 12.1. The first-order valence-electron chi connectivity index (χ1n) is 7.60. The maximum Gasteiger partial charge on any atom is 0.283 e. The second-order valence-electron chi connectivity index (χ2n) is 5.88. The van der Waals surface area contributed by atoms with Crippen LogP contribution < -0.4 is 0 Å².